The Balaban J connectivity index is 3.16. The molecule has 1 heterocycles. The molecule has 0 bridgehead atoms. The Labute approximate surface area is 88.8 Å². The van der Waals surface area contributed by atoms with E-state index in [-0.39, 0.29) is 4.90 Å². The molecule has 0 spiro atoms. The predicted molar refractivity (Wildman–Crippen MR) is 54.3 cm³/mol. The van der Waals surface area contributed by atoms with Crippen LogP contribution in [0.15, 0.2) is 23.4 Å². The van der Waals surface area contributed by atoms with Gasteiger partial charge < -0.3 is 0 Å². The molecule has 1 aromatic rings. The van der Waals surface area contributed by atoms with Crippen molar-refractivity contribution in [1.29, 1.82) is 0 Å². The van der Waals surface area contributed by atoms with Gasteiger partial charge in [-0.1, -0.05) is 13.8 Å². The summed E-state index contributed by atoms with van der Waals surface area (Å²) in [5.74, 6) is -0.650. The highest BCUT2D eigenvalue weighted by atomic mass is 32.2. The highest BCUT2D eigenvalue weighted by Crippen LogP contribution is 2.14. The zero-order valence-electron chi connectivity index (χ0n) is 8.64. The maximum Gasteiger partial charge on any atom is 0.244 e. The van der Waals surface area contributed by atoms with Crippen LogP contribution in [0.5, 0.6) is 0 Å². The standard InChI is InChI=1S/C9H13FN2O2S/c1-3-12(4-2)15(13,14)9-5-8(10)6-11-7-9/h5-7H,3-4H2,1-2H3. The predicted octanol–water partition coefficient (Wildman–Crippen LogP) is 1.25. The number of sulfonamides is 1. The van der Waals surface area contributed by atoms with Crippen LogP contribution in [0.25, 0.3) is 0 Å². The largest absolute Gasteiger partial charge is 0.260 e. The molecule has 0 aromatic carbocycles. The van der Waals surface area contributed by atoms with Crippen LogP contribution in [0.4, 0.5) is 4.39 Å². The molecule has 6 heteroatoms. The molecule has 0 atom stereocenters. The molecule has 84 valence electrons. The van der Waals surface area contributed by atoms with Crippen molar-refractivity contribution in [2.45, 2.75) is 18.7 Å². The number of nitrogens with zero attached hydrogens (tertiary/aromatic N) is 2. The number of hydrogen-bond donors (Lipinski definition) is 0. The summed E-state index contributed by atoms with van der Waals surface area (Å²) in [4.78, 5) is 3.42. The van der Waals surface area contributed by atoms with Crippen LogP contribution in [0.1, 0.15) is 13.8 Å². The van der Waals surface area contributed by atoms with Gasteiger partial charge in [-0.15, -0.1) is 0 Å². The summed E-state index contributed by atoms with van der Waals surface area (Å²) < 4.78 is 37.8. The van der Waals surface area contributed by atoms with Crippen molar-refractivity contribution in [3.8, 4) is 0 Å². The van der Waals surface area contributed by atoms with E-state index in [0.29, 0.717) is 13.1 Å². The van der Waals surface area contributed by atoms with E-state index in [1.54, 1.807) is 13.8 Å². The number of halogens is 1. The Hall–Kier alpha value is -1.01. The summed E-state index contributed by atoms with van der Waals surface area (Å²) in [7, 11) is -3.59. The van der Waals surface area contributed by atoms with E-state index in [2.05, 4.69) is 4.98 Å². The van der Waals surface area contributed by atoms with Crippen molar-refractivity contribution in [2.75, 3.05) is 13.1 Å². The van der Waals surface area contributed by atoms with Crippen LogP contribution >= 0.6 is 0 Å². The minimum atomic E-state index is -3.59. The fraction of sp³-hybridized carbons (Fsp3) is 0.444. The van der Waals surface area contributed by atoms with Crippen molar-refractivity contribution in [1.82, 2.24) is 9.29 Å². The van der Waals surface area contributed by atoms with Crippen molar-refractivity contribution >= 4 is 10.0 Å². The maximum atomic E-state index is 12.8. The lowest BCUT2D eigenvalue weighted by atomic mass is 10.5. The molecule has 15 heavy (non-hydrogen) atoms. The van der Waals surface area contributed by atoms with Crippen LogP contribution in [-0.2, 0) is 10.0 Å². The Kier molecular flexibility index (Phi) is 3.76. The Morgan fingerprint density at radius 3 is 2.40 bits per heavy atom. The van der Waals surface area contributed by atoms with Crippen LogP contribution < -0.4 is 0 Å². The normalized spacial score (nSPS) is 12.0. The molecule has 0 saturated heterocycles. The van der Waals surface area contributed by atoms with Gasteiger partial charge in [0.1, 0.15) is 10.7 Å². The van der Waals surface area contributed by atoms with Gasteiger partial charge in [0.2, 0.25) is 10.0 Å². The molecule has 0 amide bonds. The fourth-order valence-electron chi connectivity index (χ4n) is 1.25. The molecule has 0 aliphatic rings. The number of hydrogen-bond acceptors (Lipinski definition) is 3. The van der Waals surface area contributed by atoms with E-state index in [9.17, 15) is 12.8 Å². The molecule has 0 fully saturated rings. The number of rotatable bonds is 4. The van der Waals surface area contributed by atoms with Crippen molar-refractivity contribution < 1.29 is 12.8 Å². The number of pyridine rings is 1. The zero-order valence-corrected chi connectivity index (χ0v) is 9.46. The van der Waals surface area contributed by atoms with Gasteiger partial charge in [0.25, 0.3) is 0 Å². The molecule has 4 nitrogen and oxygen atoms in total. The molecular formula is C9H13FN2O2S. The lowest BCUT2D eigenvalue weighted by Gasteiger charge is -2.17. The Morgan fingerprint density at radius 1 is 1.33 bits per heavy atom. The van der Waals surface area contributed by atoms with Crippen molar-refractivity contribution in [3.63, 3.8) is 0 Å². The van der Waals surface area contributed by atoms with Gasteiger partial charge in [0.15, 0.2) is 0 Å². The lowest BCUT2D eigenvalue weighted by molar-refractivity contribution is 0.444. The van der Waals surface area contributed by atoms with Gasteiger partial charge in [0.05, 0.1) is 6.20 Å². The van der Waals surface area contributed by atoms with Crippen LogP contribution in [0.2, 0.25) is 0 Å². The molecular weight excluding hydrogens is 219 g/mol. The van der Waals surface area contributed by atoms with Crippen molar-refractivity contribution in [3.05, 3.63) is 24.3 Å². The van der Waals surface area contributed by atoms with Gasteiger partial charge >= 0.3 is 0 Å². The highest BCUT2D eigenvalue weighted by molar-refractivity contribution is 7.89. The molecule has 1 rings (SSSR count). The summed E-state index contributed by atoms with van der Waals surface area (Å²) in [6, 6.07) is 0.973. The fourth-order valence-corrected chi connectivity index (χ4v) is 2.68. The van der Waals surface area contributed by atoms with Crippen LogP contribution in [-0.4, -0.2) is 30.8 Å². The third-order valence-corrected chi connectivity index (χ3v) is 4.04. The smallest absolute Gasteiger partial charge is 0.244 e. The summed E-state index contributed by atoms with van der Waals surface area (Å²) in [6.07, 6.45) is 2.12. The first-order valence-corrected chi connectivity index (χ1v) is 6.07. The SMILES string of the molecule is CCN(CC)S(=O)(=O)c1cncc(F)c1. The Morgan fingerprint density at radius 2 is 1.93 bits per heavy atom. The molecule has 0 unspecified atom stereocenters. The third-order valence-electron chi connectivity index (χ3n) is 2.02. The van der Waals surface area contributed by atoms with Crippen LogP contribution in [0.3, 0.4) is 0 Å². The first-order chi connectivity index (χ1) is 7.02. The second kappa shape index (κ2) is 4.67. The first kappa shape index (κ1) is 12.1. The summed E-state index contributed by atoms with van der Waals surface area (Å²) in [5.41, 5.74) is 0. The second-order valence-corrected chi connectivity index (χ2v) is 4.87. The summed E-state index contributed by atoms with van der Waals surface area (Å²) >= 11 is 0. The van der Waals surface area contributed by atoms with Crippen molar-refractivity contribution in [2.24, 2.45) is 0 Å². The summed E-state index contributed by atoms with van der Waals surface area (Å²) in [5, 5.41) is 0. The van der Waals surface area contributed by atoms with E-state index in [1.807, 2.05) is 0 Å². The molecule has 0 aliphatic heterocycles. The van der Waals surface area contributed by atoms with Gasteiger partial charge in [-0.25, -0.2) is 12.8 Å². The van der Waals surface area contributed by atoms with E-state index in [0.717, 1.165) is 18.5 Å². The number of aromatic nitrogens is 1. The molecule has 0 radical (unpaired) electrons. The summed E-state index contributed by atoms with van der Waals surface area (Å²) in [6.45, 7) is 4.17. The van der Waals surface area contributed by atoms with E-state index in [1.165, 1.54) is 4.31 Å². The molecule has 0 saturated carbocycles. The van der Waals surface area contributed by atoms with E-state index >= 15 is 0 Å². The van der Waals surface area contributed by atoms with Gasteiger partial charge in [-0.3, -0.25) is 4.98 Å². The highest BCUT2D eigenvalue weighted by Gasteiger charge is 2.22. The van der Waals surface area contributed by atoms with Gasteiger partial charge in [0, 0.05) is 19.3 Å². The van der Waals surface area contributed by atoms with E-state index in [4.69, 9.17) is 0 Å². The van der Waals surface area contributed by atoms with Gasteiger partial charge in [-0.2, -0.15) is 4.31 Å². The van der Waals surface area contributed by atoms with Gasteiger partial charge in [-0.05, 0) is 6.07 Å². The first-order valence-electron chi connectivity index (χ1n) is 4.63. The molecule has 0 N–H and O–H groups in total. The van der Waals surface area contributed by atoms with E-state index < -0.39 is 15.8 Å². The average molecular weight is 232 g/mol. The molecule has 0 aliphatic carbocycles. The third kappa shape index (κ3) is 2.51. The minimum absolute atomic E-state index is 0.105. The lowest BCUT2D eigenvalue weighted by Crippen LogP contribution is -2.30. The maximum absolute atomic E-state index is 12.8. The molecule has 1 aromatic heterocycles. The zero-order chi connectivity index (χ0) is 11.5. The topological polar surface area (TPSA) is 50.3 Å². The quantitative estimate of drug-likeness (QED) is 0.785. The Bertz CT molecular complexity index is 429. The minimum Gasteiger partial charge on any atom is -0.260 e. The average Bonchev–Trinajstić information content (AvgIpc) is 2.19. The second-order valence-electron chi connectivity index (χ2n) is 2.93. The van der Waals surface area contributed by atoms with Crippen LogP contribution in [0, 0.1) is 5.82 Å². The monoisotopic (exact) mass is 232 g/mol.